The van der Waals surface area contributed by atoms with Crippen LogP contribution in [-0.4, -0.2) is 16.7 Å². The Bertz CT molecular complexity index is 723. The average molecular weight is 417 g/mol. The van der Waals surface area contributed by atoms with E-state index in [9.17, 15) is 4.79 Å². The molecule has 5 rings (SSSR count). The van der Waals surface area contributed by atoms with Crippen molar-refractivity contribution in [1.82, 2.24) is 0 Å². The van der Waals surface area contributed by atoms with Gasteiger partial charge in [-0.05, 0) is 98.8 Å². The second-order valence-electron chi connectivity index (χ2n) is 9.32. The molecule has 0 unspecified atom stereocenters. The van der Waals surface area contributed by atoms with E-state index in [1.807, 2.05) is 0 Å². The summed E-state index contributed by atoms with van der Waals surface area (Å²) in [5.41, 5.74) is 2.97. The minimum Gasteiger partial charge on any atom is -0.490 e. The van der Waals surface area contributed by atoms with Gasteiger partial charge < -0.3 is 4.74 Å². The van der Waals surface area contributed by atoms with E-state index in [-0.39, 0.29) is 10.2 Å². The number of ether oxygens (including phenoxy) is 1. The highest BCUT2D eigenvalue weighted by Crippen LogP contribution is 2.60. The van der Waals surface area contributed by atoms with E-state index >= 15 is 0 Å². The molecule has 0 aliphatic heterocycles. The lowest BCUT2D eigenvalue weighted by atomic mass is 9.55. The molecule has 3 fully saturated rings. The van der Waals surface area contributed by atoms with Gasteiger partial charge in [0.05, 0.1) is 10.9 Å². The molecule has 1 aromatic rings. The van der Waals surface area contributed by atoms with Crippen LogP contribution >= 0.6 is 15.9 Å². The average Bonchev–Trinajstić information content (AvgIpc) is 3.23. The third kappa shape index (κ3) is 2.60. The lowest BCUT2D eigenvalue weighted by molar-refractivity contribution is -0.128. The van der Waals surface area contributed by atoms with Gasteiger partial charge in [-0.25, -0.2) is 0 Å². The third-order valence-corrected chi connectivity index (χ3v) is 8.79. The number of alkyl halides is 1. The molecular formula is C23H29BrO2. The number of halogens is 1. The van der Waals surface area contributed by atoms with Gasteiger partial charge >= 0.3 is 0 Å². The lowest BCUT2D eigenvalue weighted by Crippen LogP contribution is -2.42. The molecule has 0 heterocycles. The molecule has 4 aliphatic rings. The number of ketones is 1. The normalized spacial score (nSPS) is 39.4. The molecule has 0 amide bonds. The van der Waals surface area contributed by atoms with E-state index in [0.29, 0.717) is 29.6 Å². The van der Waals surface area contributed by atoms with Gasteiger partial charge in [-0.2, -0.15) is 0 Å². The van der Waals surface area contributed by atoms with Gasteiger partial charge in [0.2, 0.25) is 0 Å². The summed E-state index contributed by atoms with van der Waals surface area (Å²) >= 11 is 3.66. The van der Waals surface area contributed by atoms with Crippen molar-refractivity contribution in [3.05, 3.63) is 29.3 Å². The van der Waals surface area contributed by atoms with Gasteiger partial charge in [-0.1, -0.05) is 28.9 Å². The van der Waals surface area contributed by atoms with Crippen molar-refractivity contribution >= 4 is 21.7 Å². The largest absolute Gasteiger partial charge is 0.490 e. The van der Waals surface area contributed by atoms with E-state index in [4.69, 9.17) is 4.74 Å². The molecule has 0 spiro atoms. The molecule has 3 saturated carbocycles. The Balaban J connectivity index is 1.40. The number of Topliss-reactive ketones (excluding diaryl/α,β-unsaturated/α-hetero) is 1. The molecule has 0 aromatic heterocycles. The molecule has 4 aliphatic carbocycles. The molecule has 2 nitrogen and oxygen atoms in total. The molecule has 0 saturated heterocycles. The van der Waals surface area contributed by atoms with Crippen LogP contribution in [0.15, 0.2) is 18.2 Å². The monoisotopic (exact) mass is 416 g/mol. The summed E-state index contributed by atoms with van der Waals surface area (Å²) in [7, 11) is 0. The highest BCUT2D eigenvalue weighted by Gasteiger charge is 2.57. The highest BCUT2D eigenvalue weighted by atomic mass is 79.9. The Kier molecular flexibility index (Phi) is 4.23. The minimum atomic E-state index is -0.0850. The van der Waals surface area contributed by atoms with E-state index < -0.39 is 0 Å². The summed E-state index contributed by atoms with van der Waals surface area (Å²) in [6, 6.07) is 6.88. The van der Waals surface area contributed by atoms with Crippen molar-refractivity contribution in [2.24, 2.45) is 17.3 Å². The number of hydrogen-bond donors (Lipinski definition) is 0. The Morgan fingerprint density at radius 3 is 2.77 bits per heavy atom. The zero-order valence-electron chi connectivity index (χ0n) is 15.7. The number of rotatable bonds is 2. The number of aryl methyl sites for hydroxylation is 1. The first-order valence-corrected chi connectivity index (χ1v) is 11.5. The first kappa shape index (κ1) is 17.3. The van der Waals surface area contributed by atoms with Crippen LogP contribution in [0.5, 0.6) is 5.75 Å². The molecule has 0 N–H and O–H groups in total. The topological polar surface area (TPSA) is 26.3 Å². The van der Waals surface area contributed by atoms with E-state index in [2.05, 4.69) is 41.1 Å². The summed E-state index contributed by atoms with van der Waals surface area (Å²) in [5, 5.41) is 0. The third-order valence-electron chi connectivity index (χ3n) is 8.00. The second kappa shape index (κ2) is 6.36. The maximum Gasteiger partial charge on any atom is 0.152 e. The summed E-state index contributed by atoms with van der Waals surface area (Å²) < 4.78 is 6.24. The van der Waals surface area contributed by atoms with E-state index in [0.717, 1.165) is 25.0 Å². The van der Waals surface area contributed by atoms with Crippen molar-refractivity contribution in [3.8, 4) is 5.75 Å². The van der Waals surface area contributed by atoms with Gasteiger partial charge in [0.1, 0.15) is 5.75 Å². The van der Waals surface area contributed by atoms with Gasteiger partial charge in [0.25, 0.3) is 0 Å². The molecule has 5 atom stereocenters. The first-order chi connectivity index (χ1) is 12.6. The zero-order valence-corrected chi connectivity index (χ0v) is 17.3. The van der Waals surface area contributed by atoms with Crippen LogP contribution in [0.25, 0.3) is 0 Å². The molecule has 3 heteroatoms. The fraction of sp³-hybridized carbons (Fsp3) is 0.696. The van der Waals surface area contributed by atoms with Crippen molar-refractivity contribution in [3.63, 3.8) is 0 Å². The summed E-state index contributed by atoms with van der Waals surface area (Å²) in [4.78, 5) is 12.8. The van der Waals surface area contributed by atoms with E-state index in [1.54, 1.807) is 5.56 Å². The van der Waals surface area contributed by atoms with Crippen molar-refractivity contribution in [2.45, 2.75) is 81.6 Å². The van der Waals surface area contributed by atoms with Gasteiger partial charge in [0, 0.05) is 5.41 Å². The molecular weight excluding hydrogens is 388 g/mol. The maximum absolute atomic E-state index is 12.7. The predicted molar refractivity (Wildman–Crippen MR) is 107 cm³/mol. The van der Waals surface area contributed by atoms with Crippen molar-refractivity contribution in [2.75, 3.05) is 0 Å². The Labute approximate surface area is 165 Å². The molecule has 26 heavy (non-hydrogen) atoms. The van der Waals surface area contributed by atoms with Crippen LogP contribution in [0, 0.1) is 17.3 Å². The maximum atomic E-state index is 12.7. The summed E-state index contributed by atoms with van der Waals surface area (Å²) in [6.07, 6.45) is 11.1. The second-order valence-corrected chi connectivity index (χ2v) is 10.4. The van der Waals surface area contributed by atoms with Crippen LogP contribution in [0.1, 0.15) is 75.3 Å². The van der Waals surface area contributed by atoms with Crippen LogP contribution in [-0.2, 0) is 11.2 Å². The standard InChI is InChI=1S/C23H29BrO2/c1-23-11-10-18-17-9-7-16(26-15-4-2-3-5-15)12-14(17)6-8-19(18)20(23)13-21(24)22(23)25/h7,9,12,15,18-21H,2-6,8,10-11,13H2,1H3/t18-,19-,20+,21+,23+/m1/s1. The van der Waals surface area contributed by atoms with Gasteiger partial charge in [-0.3, -0.25) is 4.79 Å². The fourth-order valence-corrected chi connectivity index (χ4v) is 7.50. The van der Waals surface area contributed by atoms with Crippen molar-refractivity contribution < 1.29 is 9.53 Å². The van der Waals surface area contributed by atoms with Crippen LogP contribution in [0.4, 0.5) is 0 Å². The smallest absolute Gasteiger partial charge is 0.152 e. The quantitative estimate of drug-likeness (QED) is 0.568. The Hall–Kier alpha value is -0.830. The molecule has 140 valence electrons. The van der Waals surface area contributed by atoms with Crippen LogP contribution in [0.2, 0.25) is 0 Å². The van der Waals surface area contributed by atoms with Crippen LogP contribution < -0.4 is 4.74 Å². The number of fused-ring (bicyclic) bond motifs is 5. The number of carbonyl (C=O) groups is 1. The fourth-order valence-electron chi connectivity index (χ4n) is 6.58. The first-order valence-electron chi connectivity index (χ1n) is 10.5. The molecule has 0 radical (unpaired) electrons. The Morgan fingerprint density at radius 1 is 1.15 bits per heavy atom. The minimum absolute atomic E-state index is 0.0832. The van der Waals surface area contributed by atoms with Crippen molar-refractivity contribution in [1.29, 1.82) is 0 Å². The molecule has 0 bridgehead atoms. The Morgan fingerprint density at radius 2 is 1.96 bits per heavy atom. The summed E-state index contributed by atoms with van der Waals surface area (Å²) in [6.45, 7) is 2.24. The highest BCUT2D eigenvalue weighted by molar-refractivity contribution is 9.10. The van der Waals surface area contributed by atoms with Gasteiger partial charge in [0.15, 0.2) is 5.78 Å². The molecule has 1 aromatic carbocycles. The lowest BCUT2D eigenvalue weighted by Gasteiger charge is -2.48. The van der Waals surface area contributed by atoms with Gasteiger partial charge in [-0.15, -0.1) is 0 Å². The van der Waals surface area contributed by atoms with E-state index in [1.165, 1.54) is 44.1 Å². The zero-order chi connectivity index (χ0) is 17.9. The number of hydrogen-bond acceptors (Lipinski definition) is 2. The van der Waals surface area contributed by atoms with Crippen LogP contribution in [0.3, 0.4) is 0 Å². The number of benzene rings is 1. The predicted octanol–water partition coefficient (Wildman–Crippen LogP) is 5.81. The SMILES string of the molecule is C[C@]12CC[C@@H]3c4ccc(OC5CCCC5)cc4CC[C@H]3[C@@H]1C[C@H](Br)C2=O. The summed E-state index contributed by atoms with van der Waals surface area (Å²) in [5.74, 6) is 3.41. The number of carbonyl (C=O) groups excluding carboxylic acids is 1.